The van der Waals surface area contributed by atoms with Gasteiger partial charge in [-0.25, -0.2) is 4.98 Å². The summed E-state index contributed by atoms with van der Waals surface area (Å²) in [6.07, 6.45) is 5.01. The minimum absolute atomic E-state index is 0.0323. The number of rotatable bonds is 8. The molecule has 1 aliphatic carbocycles. The number of benzene rings is 1. The van der Waals surface area contributed by atoms with Gasteiger partial charge in [0.25, 0.3) is 0 Å². The first-order valence-corrected chi connectivity index (χ1v) is 12.8. The van der Waals surface area contributed by atoms with Gasteiger partial charge in [-0.1, -0.05) is 12.1 Å². The molecule has 5 rings (SSSR count). The smallest absolute Gasteiger partial charge is 0.309 e. The van der Waals surface area contributed by atoms with E-state index in [0.717, 1.165) is 49.3 Å². The quantitative estimate of drug-likeness (QED) is 0.424. The number of hydrogen-bond acceptors (Lipinski definition) is 7. The Labute approximate surface area is 207 Å². The Kier molecular flexibility index (Phi) is 6.74. The van der Waals surface area contributed by atoms with E-state index in [1.165, 1.54) is 6.42 Å². The minimum atomic E-state index is -0.0323. The zero-order valence-electron chi connectivity index (χ0n) is 19.3. The number of phenols is 1. The van der Waals surface area contributed by atoms with Gasteiger partial charge in [-0.2, -0.15) is 9.61 Å². The summed E-state index contributed by atoms with van der Waals surface area (Å²) in [7, 11) is 0. The van der Waals surface area contributed by atoms with Gasteiger partial charge in [0.15, 0.2) is 5.65 Å². The van der Waals surface area contributed by atoms with E-state index in [2.05, 4.69) is 31.2 Å². The summed E-state index contributed by atoms with van der Waals surface area (Å²) in [5, 5.41) is 18.4. The standard InChI is InChI=1S/C25H30BrN5O3/c1-2-34-25(33)19-10-17(19)15-30-9-5-6-16(14-30)12-27-23-11-21(18-7-3-4-8-22(18)32)29-24-20(26)13-28-31(23)24/h3-4,7-8,11,13,16-17,19,27,32H,2,5-6,9-10,12,14-15H2,1H3. The predicted molar refractivity (Wildman–Crippen MR) is 134 cm³/mol. The van der Waals surface area contributed by atoms with Crippen molar-refractivity contribution in [2.75, 3.05) is 38.1 Å². The molecule has 3 unspecified atom stereocenters. The number of halogens is 1. The van der Waals surface area contributed by atoms with Crippen LogP contribution in [0.2, 0.25) is 0 Å². The summed E-state index contributed by atoms with van der Waals surface area (Å²) in [6, 6.07) is 9.17. The number of nitrogens with zero attached hydrogens (tertiary/aromatic N) is 4. The number of para-hydroxylation sites is 1. The molecule has 0 bridgehead atoms. The van der Waals surface area contributed by atoms with Gasteiger partial charge in [0, 0.05) is 31.3 Å². The van der Waals surface area contributed by atoms with Crippen LogP contribution in [-0.2, 0) is 9.53 Å². The van der Waals surface area contributed by atoms with E-state index in [0.29, 0.717) is 35.3 Å². The van der Waals surface area contributed by atoms with E-state index in [1.807, 2.05) is 25.1 Å². The van der Waals surface area contributed by atoms with Gasteiger partial charge in [0.2, 0.25) is 0 Å². The van der Waals surface area contributed by atoms with Crippen molar-refractivity contribution >= 4 is 33.4 Å². The highest BCUT2D eigenvalue weighted by atomic mass is 79.9. The topological polar surface area (TPSA) is 92.0 Å². The molecule has 2 N–H and O–H groups in total. The van der Waals surface area contributed by atoms with Gasteiger partial charge >= 0.3 is 5.97 Å². The summed E-state index contributed by atoms with van der Waals surface area (Å²) in [6.45, 7) is 6.22. The lowest BCUT2D eigenvalue weighted by Crippen LogP contribution is -2.39. The van der Waals surface area contributed by atoms with Crippen LogP contribution < -0.4 is 5.32 Å². The molecule has 2 aromatic heterocycles. The Hall–Kier alpha value is -2.65. The number of aromatic nitrogens is 3. The summed E-state index contributed by atoms with van der Waals surface area (Å²) in [5.41, 5.74) is 2.08. The Morgan fingerprint density at radius 1 is 1.35 bits per heavy atom. The molecule has 2 fully saturated rings. The summed E-state index contributed by atoms with van der Waals surface area (Å²) in [4.78, 5) is 19.2. The summed E-state index contributed by atoms with van der Waals surface area (Å²) >= 11 is 3.54. The number of nitrogens with one attached hydrogen (secondary N) is 1. The number of fused-ring (bicyclic) bond motifs is 1. The zero-order valence-corrected chi connectivity index (χ0v) is 20.9. The number of carbonyl (C=O) groups excluding carboxylic acids is 1. The van der Waals surface area contributed by atoms with Gasteiger partial charge in [-0.15, -0.1) is 0 Å². The first kappa shape index (κ1) is 23.1. The van der Waals surface area contributed by atoms with E-state index in [1.54, 1.807) is 22.8 Å². The number of hydrogen-bond donors (Lipinski definition) is 2. The lowest BCUT2D eigenvalue weighted by Gasteiger charge is -2.33. The molecule has 2 aliphatic rings. The van der Waals surface area contributed by atoms with Crippen molar-refractivity contribution in [2.24, 2.45) is 17.8 Å². The number of phenolic OH excluding ortho intramolecular Hbond substituents is 1. The third-order valence-corrected chi connectivity index (χ3v) is 7.35. The van der Waals surface area contributed by atoms with Gasteiger partial charge in [-0.05, 0) is 72.6 Å². The van der Waals surface area contributed by atoms with E-state index in [9.17, 15) is 9.90 Å². The largest absolute Gasteiger partial charge is 0.507 e. The van der Waals surface area contributed by atoms with E-state index in [-0.39, 0.29) is 17.6 Å². The average molecular weight is 528 g/mol. The molecule has 1 aliphatic heterocycles. The predicted octanol–water partition coefficient (Wildman–Crippen LogP) is 4.19. The zero-order chi connectivity index (χ0) is 23.7. The molecule has 3 aromatic rings. The number of anilines is 1. The first-order valence-electron chi connectivity index (χ1n) is 12.0. The molecule has 1 saturated heterocycles. The molecule has 1 saturated carbocycles. The number of esters is 1. The van der Waals surface area contributed by atoms with Gasteiger partial charge in [0.05, 0.1) is 28.9 Å². The van der Waals surface area contributed by atoms with Crippen LogP contribution in [0.5, 0.6) is 5.75 Å². The maximum atomic E-state index is 12.0. The molecule has 3 heterocycles. The van der Waals surface area contributed by atoms with Crippen molar-refractivity contribution in [1.29, 1.82) is 0 Å². The molecule has 3 atom stereocenters. The monoisotopic (exact) mass is 527 g/mol. The molecule has 34 heavy (non-hydrogen) atoms. The highest BCUT2D eigenvalue weighted by Gasteiger charge is 2.45. The van der Waals surface area contributed by atoms with Crippen LogP contribution in [0, 0.1) is 17.8 Å². The van der Waals surface area contributed by atoms with Gasteiger partial charge < -0.3 is 20.1 Å². The Morgan fingerprint density at radius 2 is 2.21 bits per heavy atom. The molecule has 9 heteroatoms. The summed E-state index contributed by atoms with van der Waals surface area (Å²) < 4.78 is 7.78. The fourth-order valence-corrected chi connectivity index (χ4v) is 5.29. The highest BCUT2D eigenvalue weighted by Crippen LogP contribution is 2.40. The van der Waals surface area contributed by atoms with Crippen molar-refractivity contribution < 1.29 is 14.6 Å². The van der Waals surface area contributed by atoms with Crippen LogP contribution in [0.3, 0.4) is 0 Å². The normalized spacial score (nSPS) is 22.6. The lowest BCUT2D eigenvalue weighted by molar-refractivity contribution is -0.145. The minimum Gasteiger partial charge on any atom is -0.507 e. The van der Waals surface area contributed by atoms with Gasteiger partial charge in [-0.3, -0.25) is 4.79 Å². The van der Waals surface area contributed by atoms with Gasteiger partial charge in [0.1, 0.15) is 11.6 Å². The summed E-state index contributed by atoms with van der Waals surface area (Å²) in [5.74, 6) is 2.04. The molecule has 0 amide bonds. The second-order valence-corrected chi connectivity index (χ2v) is 10.1. The molecule has 1 aromatic carbocycles. The molecule has 180 valence electrons. The van der Waals surface area contributed by atoms with E-state index >= 15 is 0 Å². The Bertz CT molecular complexity index is 1180. The Balaban J connectivity index is 1.26. The van der Waals surface area contributed by atoms with Crippen molar-refractivity contribution in [3.05, 3.63) is 41.0 Å². The number of ether oxygens (including phenoxy) is 1. The van der Waals surface area contributed by atoms with Crippen LogP contribution in [0.4, 0.5) is 5.82 Å². The first-order chi connectivity index (χ1) is 16.5. The molecular formula is C25H30BrN5O3. The van der Waals surface area contributed by atoms with Crippen molar-refractivity contribution in [3.63, 3.8) is 0 Å². The second-order valence-electron chi connectivity index (χ2n) is 9.27. The van der Waals surface area contributed by atoms with Crippen molar-refractivity contribution in [2.45, 2.75) is 26.2 Å². The average Bonchev–Trinajstić information content (AvgIpc) is 3.51. The Morgan fingerprint density at radius 3 is 3.03 bits per heavy atom. The third-order valence-electron chi connectivity index (χ3n) is 6.79. The van der Waals surface area contributed by atoms with E-state index < -0.39 is 0 Å². The van der Waals surface area contributed by atoms with Crippen molar-refractivity contribution in [1.82, 2.24) is 19.5 Å². The van der Waals surface area contributed by atoms with Crippen LogP contribution in [-0.4, -0.2) is 63.4 Å². The lowest BCUT2D eigenvalue weighted by atomic mass is 9.97. The highest BCUT2D eigenvalue weighted by molar-refractivity contribution is 9.10. The maximum Gasteiger partial charge on any atom is 0.309 e. The van der Waals surface area contributed by atoms with Crippen LogP contribution >= 0.6 is 15.9 Å². The number of likely N-dealkylation sites (tertiary alicyclic amines) is 1. The third kappa shape index (κ3) is 4.90. The molecular weight excluding hydrogens is 498 g/mol. The molecule has 0 radical (unpaired) electrons. The fourth-order valence-electron chi connectivity index (χ4n) is 4.94. The molecule has 8 nitrogen and oxygen atoms in total. The van der Waals surface area contributed by atoms with Crippen LogP contribution in [0.1, 0.15) is 26.2 Å². The molecule has 0 spiro atoms. The van der Waals surface area contributed by atoms with Crippen molar-refractivity contribution in [3.8, 4) is 17.0 Å². The fraction of sp³-hybridized carbons (Fsp3) is 0.480. The van der Waals surface area contributed by atoms with Crippen LogP contribution in [0.15, 0.2) is 41.0 Å². The number of carbonyl (C=O) groups is 1. The maximum absolute atomic E-state index is 12.0. The number of aromatic hydroxyl groups is 1. The SMILES string of the molecule is CCOC(=O)C1CC1CN1CCCC(CNc2cc(-c3ccccc3O)nc3c(Br)cnn23)C1. The van der Waals surface area contributed by atoms with Crippen LogP contribution in [0.25, 0.3) is 16.9 Å². The number of piperidine rings is 1. The second kappa shape index (κ2) is 9.92. The van der Waals surface area contributed by atoms with E-state index in [4.69, 9.17) is 9.72 Å².